The summed E-state index contributed by atoms with van der Waals surface area (Å²) in [6.45, 7) is 4.36. The SMILES string of the molecule is CCCCc1ccc(C)cc1.NC(=O)c1ccc(C(=O)O)cc1C(=O)O. The summed E-state index contributed by atoms with van der Waals surface area (Å²) in [5.41, 5.74) is 6.91. The third kappa shape index (κ3) is 6.39. The summed E-state index contributed by atoms with van der Waals surface area (Å²) in [6.07, 6.45) is 3.83. The molecule has 0 aliphatic rings. The number of benzene rings is 2. The van der Waals surface area contributed by atoms with Gasteiger partial charge in [0.25, 0.3) is 0 Å². The number of hydrogen-bond acceptors (Lipinski definition) is 3. The standard InChI is InChI=1S/C11H16.C9H7NO5/c1-3-4-5-11-8-6-10(2)7-9-11;10-7(11)5-2-1-4(8(12)13)3-6(5)9(14)15/h6-9H,3-5H2,1-2H3;1-3H,(H2,10,11)(H,12,13)(H,14,15). The van der Waals surface area contributed by atoms with Crippen LogP contribution in [0.4, 0.5) is 0 Å². The van der Waals surface area contributed by atoms with E-state index in [0.29, 0.717) is 0 Å². The first-order valence-corrected chi connectivity index (χ1v) is 8.22. The van der Waals surface area contributed by atoms with Crippen molar-refractivity contribution in [2.75, 3.05) is 0 Å². The number of carboxylic acids is 2. The van der Waals surface area contributed by atoms with Gasteiger partial charge in [-0.3, -0.25) is 4.79 Å². The molecule has 0 aliphatic heterocycles. The molecule has 0 unspecified atom stereocenters. The van der Waals surface area contributed by atoms with E-state index in [0.717, 1.165) is 18.2 Å². The highest BCUT2D eigenvalue weighted by atomic mass is 16.4. The number of carboxylic acid groups (broad SMARTS) is 2. The zero-order chi connectivity index (χ0) is 19.7. The lowest BCUT2D eigenvalue weighted by molar-refractivity contribution is 0.0692. The highest BCUT2D eigenvalue weighted by Crippen LogP contribution is 2.12. The van der Waals surface area contributed by atoms with E-state index in [4.69, 9.17) is 15.9 Å². The van der Waals surface area contributed by atoms with Crippen molar-refractivity contribution in [3.8, 4) is 0 Å². The molecule has 4 N–H and O–H groups in total. The minimum Gasteiger partial charge on any atom is -0.478 e. The Balaban J connectivity index is 0.000000273. The van der Waals surface area contributed by atoms with E-state index < -0.39 is 23.4 Å². The molecular weight excluding hydrogens is 334 g/mol. The Hall–Kier alpha value is -3.15. The van der Waals surface area contributed by atoms with Crippen LogP contribution in [0.5, 0.6) is 0 Å². The monoisotopic (exact) mass is 357 g/mol. The summed E-state index contributed by atoms with van der Waals surface area (Å²) in [4.78, 5) is 32.1. The van der Waals surface area contributed by atoms with Crippen molar-refractivity contribution in [3.63, 3.8) is 0 Å². The van der Waals surface area contributed by atoms with Crippen LogP contribution < -0.4 is 5.73 Å². The number of carbonyl (C=O) groups excluding carboxylic acids is 1. The minimum atomic E-state index is -1.40. The quantitative estimate of drug-likeness (QED) is 0.731. The first-order valence-electron chi connectivity index (χ1n) is 8.22. The molecule has 0 heterocycles. The predicted octanol–water partition coefficient (Wildman–Crippen LogP) is 3.52. The lowest BCUT2D eigenvalue weighted by Crippen LogP contribution is -2.17. The molecule has 6 heteroatoms. The van der Waals surface area contributed by atoms with Gasteiger partial charge in [-0.1, -0.05) is 43.2 Å². The normalized spacial score (nSPS) is 9.77. The van der Waals surface area contributed by atoms with Gasteiger partial charge in [0.2, 0.25) is 5.91 Å². The van der Waals surface area contributed by atoms with Crippen molar-refractivity contribution in [2.24, 2.45) is 5.73 Å². The lowest BCUT2D eigenvalue weighted by Gasteiger charge is -2.02. The summed E-state index contributed by atoms with van der Waals surface area (Å²) in [6, 6.07) is 11.9. The van der Waals surface area contributed by atoms with Crippen molar-refractivity contribution < 1.29 is 24.6 Å². The molecule has 0 saturated carbocycles. The molecular formula is C20H23NO5. The van der Waals surface area contributed by atoms with Gasteiger partial charge >= 0.3 is 11.9 Å². The van der Waals surface area contributed by atoms with E-state index in [1.807, 2.05) is 0 Å². The van der Waals surface area contributed by atoms with Gasteiger partial charge in [0.15, 0.2) is 0 Å². The summed E-state index contributed by atoms with van der Waals surface area (Å²) < 4.78 is 0. The molecule has 1 amide bonds. The van der Waals surface area contributed by atoms with Crippen LogP contribution in [0.2, 0.25) is 0 Å². The Morgan fingerprint density at radius 3 is 2.00 bits per heavy atom. The van der Waals surface area contributed by atoms with Crippen LogP contribution in [-0.2, 0) is 6.42 Å². The molecule has 2 rings (SSSR count). The highest BCUT2D eigenvalue weighted by molar-refractivity contribution is 6.05. The number of nitrogens with two attached hydrogens (primary N) is 1. The Kier molecular flexibility index (Phi) is 8.02. The van der Waals surface area contributed by atoms with Gasteiger partial charge in [-0.2, -0.15) is 0 Å². The number of rotatable bonds is 6. The van der Waals surface area contributed by atoms with Gasteiger partial charge in [-0.15, -0.1) is 0 Å². The molecule has 0 fully saturated rings. The van der Waals surface area contributed by atoms with Crippen LogP contribution in [0, 0.1) is 6.92 Å². The maximum absolute atomic E-state index is 10.8. The van der Waals surface area contributed by atoms with E-state index in [9.17, 15) is 14.4 Å². The predicted molar refractivity (Wildman–Crippen MR) is 98.7 cm³/mol. The molecule has 0 saturated heterocycles. The van der Waals surface area contributed by atoms with Gasteiger partial charge in [0, 0.05) is 0 Å². The largest absolute Gasteiger partial charge is 0.478 e. The summed E-state index contributed by atoms with van der Waals surface area (Å²) >= 11 is 0. The molecule has 26 heavy (non-hydrogen) atoms. The fourth-order valence-corrected chi connectivity index (χ4v) is 2.20. The number of carbonyl (C=O) groups is 3. The summed E-state index contributed by atoms with van der Waals surface area (Å²) in [7, 11) is 0. The van der Waals surface area contributed by atoms with Crippen molar-refractivity contribution in [3.05, 3.63) is 70.3 Å². The number of amides is 1. The zero-order valence-electron chi connectivity index (χ0n) is 14.9. The smallest absolute Gasteiger partial charge is 0.336 e. The molecule has 0 atom stereocenters. The summed E-state index contributed by atoms with van der Waals surface area (Å²) in [5.74, 6) is -3.58. The minimum absolute atomic E-state index is 0.211. The maximum Gasteiger partial charge on any atom is 0.336 e. The van der Waals surface area contributed by atoms with Crippen LogP contribution in [0.1, 0.15) is 62.0 Å². The number of aromatic carboxylic acids is 2. The van der Waals surface area contributed by atoms with E-state index in [1.165, 1.54) is 30.4 Å². The average Bonchev–Trinajstić information content (AvgIpc) is 2.61. The molecule has 0 radical (unpaired) electrons. The lowest BCUT2D eigenvalue weighted by atomic mass is 10.0. The first kappa shape index (κ1) is 20.9. The second-order valence-corrected chi connectivity index (χ2v) is 5.82. The second-order valence-electron chi connectivity index (χ2n) is 5.82. The molecule has 0 bridgehead atoms. The fourth-order valence-electron chi connectivity index (χ4n) is 2.20. The van der Waals surface area contributed by atoms with Crippen molar-refractivity contribution in [1.29, 1.82) is 0 Å². The Morgan fingerprint density at radius 1 is 0.923 bits per heavy atom. The van der Waals surface area contributed by atoms with Gasteiger partial charge in [-0.05, 0) is 43.5 Å². The third-order valence-corrected chi connectivity index (χ3v) is 3.70. The van der Waals surface area contributed by atoms with Crippen LogP contribution in [-0.4, -0.2) is 28.1 Å². The van der Waals surface area contributed by atoms with Crippen LogP contribution in [0.3, 0.4) is 0 Å². The van der Waals surface area contributed by atoms with Gasteiger partial charge < -0.3 is 15.9 Å². The van der Waals surface area contributed by atoms with Gasteiger partial charge in [0.05, 0.1) is 16.7 Å². The van der Waals surface area contributed by atoms with Gasteiger partial charge in [0.1, 0.15) is 0 Å². The van der Waals surface area contributed by atoms with Gasteiger partial charge in [-0.25, -0.2) is 9.59 Å². The fraction of sp³-hybridized carbons (Fsp3) is 0.250. The number of unbranched alkanes of at least 4 members (excludes halogenated alkanes) is 1. The maximum atomic E-state index is 10.8. The number of aryl methyl sites for hydroxylation is 2. The van der Waals surface area contributed by atoms with Crippen LogP contribution in [0.15, 0.2) is 42.5 Å². The molecule has 138 valence electrons. The number of hydrogen-bond donors (Lipinski definition) is 3. The molecule has 2 aromatic rings. The number of primary amides is 1. The van der Waals surface area contributed by atoms with Crippen LogP contribution >= 0.6 is 0 Å². The average molecular weight is 357 g/mol. The van der Waals surface area contributed by atoms with E-state index >= 15 is 0 Å². The Morgan fingerprint density at radius 2 is 1.54 bits per heavy atom. The Labute approximate surface area is 152 Å². The molecule has 0 aliphatic carbocycles. The molecule has 0 spiro atoms. The topological polar surface area (TPSA) is 118 Å². The van der Waals surface area contributed by atoms with Crippen molar-refractivity contribution in [1.82, 2.24) is 0 Å². The highest BCUT2D eigenvalue weighted by Gasteiger charge is 2.16. The molecule has 6 nitrogen and oxygen atoms in total. The second kappa shape index (κ2) is 9.98. The first-order chi connectivity index (χ1) is 12.3. The van der Waals surface area contributed by atoms with Crippen molar-refractivity contribution >= 4 is 17.8 Å². The van der Waals surface area contributed by atoms with Crippen molar-refractivity contribution in [2.45, 2.75) is 33.1 Å². The van der Waals surface area contributed by atoms with E-state index in [-0.39, 0.29) is 11.1 Å². The third-order valence-electron chi connectivity index (χ3n) is 3.70. The molecule has 0 aromatic heterocycles. The van der Waals surface area contributed by atoms with E-state index in [2.05, 4.69) is 38.1 Å². The van der Waals surface area contributed by atoms with Crippen LogP contribution in [0.25, 0.3) is 0 Å². The zero-order valence-corrected chi connectivity index (χ0v) is 14.9. The Bertz CT molecular complexity index is 781. The summed E-state index contributed by atoms with van der Waals surface area (Å²) in [5, 5.41) is 17.3. The van der Waals surface area contributed by atoms with E-state index in [1.54, 1.807) is 0 Å². The molecule has 2 aromatic carbocycles.